The lowest BCUT2D eigenvalue weighted by Crippen LogP contribution is -2.48. The molecule has 1 saturated carbocycles. The average molecular weight is 371 g/mol. The molecule has 2 fully saturated rings. The molecule has 1 saturated heterocycles. The van der Waals surface area contributed by atoms with Crippen LogP contribution in [0.2, 0.25) is 0 Å². The van der Waals surface area contributed by atoms with Crippen LogP contribution >= 0.6 is 0 Å². The summed E-state index contributed by atoms with van der Waals surface area (Å²) in [7, 11) is 1.74. The molecule has 0 amide bonds. The molecule has 146 valence electrons. The van der Waals surface area contributed by atoms with E-state index in [1.807, 2.05) is 12.1 Å². The van der Waals surface area contributed by atoms with Gasteiger partial charge in [-0.25, -0.2) is 4.68 Å². The van der Waals surface area contributed by atoms with Crippen LogP contribution in [0.4, 0.5) is 0 Å². The summed E-state index contributed by atoms with van der Waals surface area (Å²) in [5.41, 5.74) is 1.15. The Hall–Kier alpha value is -1.99. The van der Waals surface area contributed by atoms with Gasteiger partial charge in [-0.05, 0) is 35.9 Å². The first-order chi connectivity index (χ1) is 13.3. The summed E-state index contributed by atoms with van der Waals surface area (Å²) >= 11 is 0. The quantitative estimate of drug-likeness (QED) is 0.779. The van der Waals surface area contributed by atoms with Crippen molar-refractivity contribution in [1.82, 2.24) is 30.0 Å². The van der Waals surface area contributed by atoms with Crippen molar-refractivity contribution in [3.8, 4) is 5.75 Å². The van der Waals surface area contributed by atoms with E-state index in [1.165, 1.54) is 25.7 Å². The highest BCUT2D eigenvalue weighted by molar-refractivity contribution is 5.39. The van der Waals surface area contributed by atoms with Gasteiger partial charge < -0.3 is 9.64 Å². The van der Waals surface area contributed by atoms with Gasteiger partial charge in [0.25, 0.3) is 0 Å². The fourth-order valence-corrected chi connectivity index (χ4v) is 4.52. The third-order valence-corrected chi connectivity index (χ3v) is 6.09. The monoisotopic (exact) mass is 370 g/mol. The molecule has 1 aliphatic heterocycles. The van der Waals surface area contributed by atoms with Gasteiger partial charge in [-0.1, -0.05) is 38.0 Å². The van der Waals surface area contributed by atoms with Gasteiger partial charge in [-0.3, -0.25) is 4.90 Å². The predicted molar refractivity (Wildman–Crippen MR) is 104 cm³/mol. The third-order valence-electron chi connectivity index (χ3n) is 6.09. The summed E-state index contributed by atoms with van der Waals surface area (Å²) in [4.78, 5) is 5.01. The highest BCUT2D eigenvalue weighted by atomic mass is 16.5. The molecular weight excluding hydrogens is 340 g/mol. The van der Waals surface area contributed by atoms with Crippen LogP contribution in [0.5, 0.6) is 5.75 Å². The number of nitrogens with zero attached hydrogens (tertiary/aromatic N) is 6. The number of hydrogen-bond donors (Lipinski definition) is 0. The number of tetrazole rings is 1. The van der Waals surface area contributed by atoms with Gasteiger partial charge in [0.15, 0.2) is 5.82 Å². The number of aromatic nitrogens is 4. The molecule has 1 aliphatic carbocycles. The van der Waals surface area contributed by atoms with Crippen molar-refractivity contribution in [3.63, 3.8) is 0 Å². The molecule has 0 spiro atoms. The highest BCUT2D eigenvalue weighted by Gasteiger charge is 2.34. The molecule has 7 nitrogen and oxygen atoms in total. The summed E-state index contributed by atoms with van der Waals surface area (Å²) in [5.74, 6) is 1.86. The number of para-hydroxylation sites is 1. The number of likely N-dealkylation sites (N-methyl/N-ethyl adjacent to an activating group) is 1. The summed E-state index contributed by atoms with van der Waals surface area (Å²) in [6, 6.07) is 8.74. The van der Waals surface area contributed by atoms with E-state index < -0.39 is 0 Å². The molecule has 27 heavy (non-hydrogen) atoms. The zero-order valence-corrected chi connectivity index (χ0v) is 16.4. The molecule has 2 heterocycles. The second-order valence-corrected chi connectivity index (χ2v) is 7.53. The molecule has 1 aromatic heterocycles. The van der Waals surface area contributed by atoms with Gasteiger partial charge in [0, 0.05) is 31.7 Å². The lowest BCUT2D eigenvalue weighted by Gasteiger charge is -2.39. The Kier molecular flexibility index (Phi) is 5.69. The minimum absolute atomic E-state index is 0.0238. The highest BCUT2D eigenvalue weighted by Crippen LogP contribution is 2.37. The van der Waals surface area contributed by atoms with Crippen LogP contribution < -0.4 is 4.74 Å². The maximum atomic E-state index is 5.71. The van der Waals surface area contributed by atoms with E-state index in [0.29, 0.717) is 6.04 Å². The first kappa shape index (κ1) is 18.4. The summed E-state index contributed by atoms with van der Waals surface area (Å²) in [6.45, 7) is 7.50. The minimum atomic E-state index is 0.0238. The molecule has 0 radical (unpaired) electrons. The second kappa shape index (κ2) is 8.35. The van der Waals surface area contributed by atoms with Gasteiger partial charge in [0.2, 0.25) is 0 Å². The Bertz CT molecular complexity index is 734. The molecule has 2 aliphatic rings. The topological polar surface area (TPSA) is 59.3 Å². The van der Waals surface area contributed by atoms with Gasteiger partial charge in [-0.2, -0.15) is 0 Å². The second-order valence-electron chi connectivity index (χ2n) is 7.53. The van der Waals surface area contributed by atoms with Crippen LogP contribution in [-0.2, 0) is 0 Å². The van der Waals surface area contributed by atoms with Crippen LogP contribution in [0.1, 0.15) is 56.1 Å². The molecule has 4 rings (SSSR count). The van der Waals surface area contributed by atoms with E-state index >= 15 is 0 Å². The van der Waals surface area contributed by atoms with Gasteiger partial charge >= 0.3 is 0 Å². The maximum Gasteiger partial charge on any atom is 0.173 e. The number of methoxy groups -OCH3 is 1. The number of hydrogen-bond acceptors (Lipinski definition) is 6. The first-order valence-electron chi connectivity index (χ1n) is 10.2. The Morgan fingerprint density at radius 1 is 1.11 bits per heavy atom. The third kappa shape index (κ3) is 3.71. The van der Waals surface area contributed by atoms with E-state index in [1.54, 1.807) is 7.11 Å². The molecule has 7 heteroatoms. The largest absolute Gasteiger partial charge is 0.496 e. The van der Waals surface area contributed by atoms with E-state index in [2.05, 4.69) is 49.1 Å². The molecule has 0 N–H and O–H groups in total. The Morgan fingerprint density at radius 2 is 1.85 bits per heavy atom. The normalized spacial score (nSPS) is 20.8. The van der Waals surface area contributed by atoms with Crippen molar-refractivity contribution in [3.05, 3.63) is 35.7 Å². The lowest BCUT2D eigenvalue weighted by molar-refractivity contribution is 0.106. The Balaban J connectivity index is 1.72. The number of benzene rings is 1. The fourth-order valence-electron chi connectivity index (χ4n) is 4.52. The van der Waals surface area contributed by atoms with Crippen molar-refractivity contribution in [1.29, 1.82) is 0 Å². The zero-order chi connectivity index (χ0) is 18.6. The molecule has 0 bridgehead atoms. The Labute approximate surface area is 161 Å². The number of rotatable bonds is 6. The van der Waals surface area contributed by atoms with Gasteiger partial charge in [-0.15, -0.1) is 5.10 Å². The zero-order valence-electron chi connectivity index (χ0n) is 16.4. The molecule has 0 unspecified atom stereocenters. The Morgan fingerprint density at radius 3 is 2.56 bits per heavy atom. The van der Waals surface area contributed by atoms with E-state index in [-0.39, 0.29) is 6.04 Å². The van der Waals surface area contributed by atoms with Crippen LogP contribution in [0.3, 0.4) is 0 Å². The van der Waals surface area contributed by atoms with Crippen molar-refractivity contribution < 1.29 is 4.74 Å². The van der Waals surface area contributed by atoms with Crippen molar-refractivity contribution in [2.24, 2.45) is 0 Å². The summed E-state index contributed by atoms with van der Waals surface area (Å²) < 4.78 is 7.80. The average Bonchev–Trinajstić information content (AvgIpc) is 3.41. The smallest absolute Gasteiger partial charge is 0.173 e. The van der Waals surface area contributed by atoms with Gasteiger partial charge in [0.05, 0.1) is 13.2 Å². The molecular formula is C20H30N6O. The van der Waals surface area contributed by atoms with Gasteiger partial charge in [0.1, 0.15) is 11.8 Å². The molecule has 1 atom stereocenters. The lowest BCUT2D eigenvalue weighted by atomic mass is 10.0. The van der Waals surface area contributed by atoms with Crippen LogP contribution in [0.25, 0.3) is 0 Å². The van der Waals surface area contributed by atoms with Crippen LogP contribution in [-0.4, -0.2) is 69.8 Å². The van der Waals surface area contributed by atoms with E-state index in [0.717, 1.165) is 49.9 Å². The summed E-state index contributed by atoms with van der Waals surface area (Å²) in [5, 5.41) is 13.0. The van der Waals surface area contributed by atoms with E-state index in [4.69, 9.17) is 4.74 Å². The maximum absolute atomic E-state index is 5.71. The predicted octanol–water partition coefficient (Wildman–Crippen LogP) is 2.52. The summed E-state index contributed by atoms with van der Waals surface area (Å²) in [6.07, 6.45) is 4.86. The van der Waals surface area contributed by atoms with Crippen molar-refractivity contribution >= 4 is 0 Å². The molecule has 1 aromatic carbocycles. The van der Waals surface area contributed by atoms with Crippen molar-refractivity contribution in [2.75, 3.05) is 39.8 Å². The van der Waals surface area contributed by atoms with Crippen LogP contribution in [0.15, 0.2) is 24.3 Å². The molecule has 2 aromatic rings. The van der Waals surface area contributed by atoms with Crippen molar-refractivity contribution in [2.45, 2.75) is 44.7 Å². The SMILES string of the molecule is CCN1CCN([C@H](c2ccccc2OC)c2nnnn2C2CCCC2)CC1. The van der Waals surface area contributed by atoms with Crippen LogP contribution in [0, 0.1) is 0 Å². The van der Waals surface area contributed by atoms with E-state index in [9.17, 15) is 0 Å². The fraction of sp³-hybridized carbons (Fsp3) is 0.650. The number of ether oxygens (including phenoxy) is 1. The number of piperazine rings is 1. The standard InChI is InChI=1S/C20H30N6O/c1-3-24-12-14-25(15-13-24)19(17-10-6-7-11-18(17)27-2)20-21-22-23-26(20)16-8-4-5-9-16/h6-7,10-11,16,19H,3-5,8-9,12-15H2,1-2H3/t19-/m1/s1. The first-order valence-corrected chi connectivity index (χ1v) is 10.2. The minimum Gasteiger partial charge on any atom is -0.496 e.